The third kappa shape index (κ3) is 5.91. The highest BCUT2D eigenvalue weighted by Crippen LogP contribution is 2.28. The summed E-state index contributed by atoms with van der Waals surface area (Å²) in [4.78, 5) is 22.8. The van der Waals surface area contributed by atoms with Gasteiger partial charge in [0.1, 0.15) is 12.4 Å². The van der Waals surface area contributed by atoms with E-state index in [4.69, 9.17) is 26.1 Å². The zero-order valence-electron chi connectivity index (χ0n) is 16.3. The lowest BCUT2D eigenvalue weighted by Crippen LogP contribution is -2.48. The molecule has 2 aromatic rings. The van der Waals surface area contributed by atoms with Crippen LogP contribution in [0.5, 0.6) is 5.75 Å². The van der Waals surface area contributed by atoms with Crippen molar-refractivity contribution >= 4 is 28.9 Å². The summed E-state index contributed by atoms with van der Waals surface area (Å²) in [6.45, 7) is 3.01. The quantitative estimate of drug-likeness (QED) is 0.342. The number of aryl methyl sites for hydroxylation is 1. The van der Waals surface area contributed by atoms with Crippen molar-refractivity contribution in [1.29, 1.82) is 0 Å². The summed E-state index contributed by atoms with van der Waals surface area (Å²) in [6, 6.07) is 7.70. The predicted octanol–water partition coefficient (Wildman–Crippen LogP) is 2.36. The molecule has 0 saturated carbocycles. The number of nitrogens with one attached hydrogen (secondary N) is 3. The molecule has 1 fully saturated rings. The summed E-state index contributed by atoms with van der Waals surface area (Å²) in [5.74, 6) is -0.0169. The highest BCUT2D eigenvalue weighted by Gasteiger charge is 2.18. The second-order valence-electron chi connectivity index (χ2n) is 6.71. The molecule has 1 aromatic carbocycles. The maximum atomic E-state index is 12.2. The van der Waals surface area contributed by atoms with E-state index in [1.165, 1.54) is 18.2 Å². The van der Waals surface area contributed by atoms with Crippen LogP contribution in [0.3, 0.4) is 0 Å². The van der Waals surface area contributed by atoms with Gasteiger partial charge >= 0.3 is 11.6 Å². The minimum atomic E-state index is -0.524. The van der Waals surface area contributed by atoms with Crippen LogP contribution < -0.4 is 20.9 Å². The van der Waals surface area contributed by atoms with Gasteiger partial charge in [-0.05, 0) is 55.7 Å². The molecule has 160 valence electrons. The van der Waals surface area contributed by atoms with Gasteiger partial charge in [-0.25, -0.2) is 0 Å². The third-order valence-electron chi connectivity index (χ3n) is 4.37. The summed E-state index contributed by atoms with van der Waals surface area (Å²) in [6.07, 6.45) is 2.13. The van der Waals surface area contributed by atoms with E-state index in [1.807, 2.05) is 0 Å². The van der Waals surface area contributed by atoms with Crippen molar-refractivity contribution in [3.63, 3.8) is 0 Å². The molecule has 3 N–H and O–H groups in total. The Hall–Kier alpha value is -3.18. The number of nitro benzene ring substituents is 1. The fourth-order valence-corrected chi connectivity index (χ4v) is 2.98. The first-order valence-corrected chi connectivity index (χ1v) is 9.75. The molecule has 1 atom stereocenters. The monoisotopic (exact) mass is 434 g/mol. The Morgan fingerprint density at radius 2 is 2.17 bits per heavy atom. The number of furan rings is 1. The van der Waals surface area contributed by atoms with Gasteiger partial charge in [-0.2, -0.15) is 0 Å². The first-order valence-electron chi connectivity index (χ1n) is 9.34. The van der Waals surface area contributed by atoms with Crippen LogP contribution in [0.15, 0.2) is 34.7 Å². The molecule has 0 radical (unpaired) electrons. The van der Waals surface area contributed by atoms with Gasteiger partial charge < -0.3 is 19.2 Å². The molecule has 0 bridgehead atoms. The number of rotatable bonds is 7. The molecule has 0 spiro atoms. The van der Waals surface area contributed by atoms with Crippen LogP contribution in [-0.2, 0) is 11.3 Å². The maximum absolute atomic E-state index is 12.2. The second kappa shape index (κ2) is 10.0. The summed E-state index contributed by atoms with van der Waals surface area (Å²) < 4.78 is 16.4. The zero-order valence-corrected chi connectivity index (χ0v) is 17.1. The highest BCUT2D eigenvalue weighted by atomic mass is 32.1. The molecule has 10 nitrogen and oxygen atoms in total. The molecule has 1 aliphatic rings. The van der Waals surface area contributed by atoms with Crippen LogP contribution >= 0.6 is 12.2 Å². The van der Waals surface area contributed by atoms with Crippen LogP contribution in [0.25, 0.3) is 0 Å². The van der Waals surface area contributed by atoms with Crippen molar-refractivity contribution < 1.29 is 23.6 Å². The number of carbonyl (C=O) groups excluding carboxylic acids is 1. The largest absolute Gasteiger partial charge is 0.479 e. The highest BCUT2D eigenvalue weighted by molar-refractivity contribution is 7.80. The van der Waals surface area contributed by atoms with Crippen LogP contribution in [-0.4, -0.2) is 35.2 Å². The Morgan fingerprint density at radius 1 is 1.33 bits per heavy atom. The lowest BCUT2D eigenvalue weighted by molar-refractivity contribution is -0.386. The van der Waals surface area contributed by atoms with Gasteiger partial charge in [0.05, 0.1) is 11.0 Å². The predicted molar refractivity (Wildman–Crippen MR) is 111 cm³/mol. The van der Waals surface area contributed by atoms with Crippen LogP contribution in [0.1, 0.15) is 34.7 Å². The minimum Gasteiger partial charge on any atom is -0.479 e. The molecule has 1 amide bonds. The minimum absolute atomic E-state index is 0.0430. The van der Waals surface area contributed by atoms with Crippen molar-refractivity contribution in [2.75, 3.05) is 13.2 Å². The number of nitro groups is 1. The summed E-state index contributed by atoms with van der Waals surface area (Å²) in [5.41, 5.74) is 5.65. The molecule has 1 saturated heterocycles. The normalized spacial score (nSPS) is 15.4. The molecule has 0 aliphatic carbocycles. The van der Waals surface area contributed by atoms with E-state index >= 15 is 0 Å². The van der Waals surface area contributed by atoms with E-state index in [0.717, 1.165) is 25.0 Å². The topological polar surface area (TPSA) is 128 Å². The van der Waals surface area contributed by atoms with Crippen LogP contribution in [0.2, 0.25) is 0 Å². The first-order chi connectivity index (χ1) is 14.4. The third-order valence-corrected chi connectivity index (χ3v) is 4.62. The average molecular weight is 434 g/mol. The number of hydrogen-bond donors (Lipinski definition) is 3. The maximum Gasteiger partial charge on any atom is 0.311 e. The number of nitrogens with zero attached hydrogens (tertiary/aromatic N) is 1. The number of hydrogen-bond acceptors (Lipinski definition) is 7. The Kier molecular flexibility index (Phi) is 7.20. The van der Waals surface area contributed by atoms with E-state index in [1.54, 1.807) is 19.1 Å². The van der Waals surface area contributed by atoms with Gasteiger partial charge in [-0.1, -0.05) is 6.07 Å². The Labute approximate surface area is 178 Å². The molecular formula is C19H22N4O6S. The molecule has 11 heteroatoms. The number of benzene rings is 1. The van der Waals surface area contributed by atoms with Crippen molar-refractivity contribution in [3.8, 4) is 5.75 Å². The standard InChI is InChI=1S/C19H22N4O6S/c1-12-4-6-16(15(9-12)23(25)26)28-11-14-5-7-17(29-14)18(24)21-22-19(30)20-10-13-3-2-8-27-13/h4-7,9,13H,2-3,8,10-11H2,1H3,(H,21,24)(H2,20,22,30)/t13-/m0/s1. The fourth-order valence-electron chi connectivity index (χ4n) is 2.85. The Morgan fingerprint density at radius 3 is 2.90 bits per heavy atom. The number of ether oxygens (including phenoxy) is 2. The average Bonchev–Trinajstić information content (AvgIpc) is 3.41. The van der Waals surface area contributed by atoms with Crippen molar-refractivity contribution in [2.45, 2.75) is 32.5 Å². The lowest BCUT2D eigenvalue weighted by atomic mass is 10.2. The van der Waals surface area contributed by atoms with Gasteiger partial charge in [0, 0.05) is 19.2 Å². The smallest absolute Gasteiger partial charge is 0.311 e. The van der Waals surface area contributed by atoms with E-state index in [2.05, 4.69) is 16.2 Å². The number of amides is 1. The van der Waals surface area contributed by atoms with E-state index in [0.29, 0.717) is 12.3 Å². The van der Waals surface area contributed by atoms with Gasteiger partial charge in [0.15, 0.2) is 16.6 Å². The molecule has 1 aliphatic heterocycles. The van der Waals surface area contributed by atoms with Crippen molar-refractivity contribution in [1.82, 2.24) is 16.2 Å². The Balaban J connectivity index is 1.46. The number of carbonyl (C=O) groups is 1. The fraction of sp³-hybridized carbons (Fsp3) is 0.368. The van der Waals surface area contributed by atoms with Crippen LogP contribution in [0, 0.1) is 17.0 Å². The second-order valence-corrected chi connectivity index (χ2v) is 7.12. The van der Waals surface area contributed by atoms with E-state index in [9.17, 15) is 14.9 Å². The number of thiocarbonyl (C=S) groups is 1. The summed E-state index contributed by atoms with van der Waals surface area (Å²) in [5, 5.41) is 14.4. The van der Waals surface area contributed by atoms with Gasteiger partial charge in [0.2, 0.25) is 0 Å². The van der Waals surface area contributed by atoms with Gasteiger partial charge in [-0.3, -0.25) is 25.8 Å². The van der Waals surface area contributed by atoms with Crippen LogP contribution in [0.4, 0.5) is 5.69 Å². The van der Waals surface area contributed by atoms with E-state index < -0.39 is 10.8 Å². The summed E-state index contributed by atoms with van der Waals surface area (Å²) >= 11 is 5.10. The first kappa shape index (κ1) is 21.5. The SMILES string of the molecule is Cc1ccc(OCc2ccc(C(=O)NNC(=S)NC[C@@H]3CCCO3)o2)c([N+](=O)[O-])c1. The van der Waals surface area contributed by atoms with Crippen molar-refractivity contribution in [2.24, 2.45) is 0 Å². The molecule has 2 heterocycles. The summed E-state index contributed by atoms with van der Waals surface area (Å²) in [7, 11) is 0. The molecule has 3 rings (SSSR count). The zero-order chi connectivity index (χ0) is 21.5. The van der Waals surface area contributed by atoms with Crippen molar-refractivity contribution in [3.05, 3.63) is 57.5 Å². The molecule has 30 heavy (non-hydrogen) atoms. The van der Waals surface area contributed by atoms with Gasteiger partial charge in [0.25, 0.3) is 0 Å². The lowest BCUT2D eigenvalue weighted by Gasteiger charge is -2.14. The molecular weight excluding hydrogens is 412 g/mol. The molecule has 1 aromatic heterocycles. The van der Waals surface area contributed by atoms with E-state index in [-0.39, 0.29) is 35.0 Å². The van der Waals surface area contributed by atoms with Gasteiger partial charge in [-0.15, -0.1) is 0 Å². The Bertz CT molecular complexity index is 925. The number of hydrazine groups is 1. The molecule has 0 unspecified atom stereocenters.